The molecule has 2 rings (SSSR count). The Balaban J connectivity index is 1.91. The summed E-state index contributed by atoms with van der Waals surface area (Å²) >= 11 is 7.15. The van der Waals surface area contributed by atoms with Crippen molar-refractivity contribution in [3.8, 4) is 0 Å². The lowest BCUT2D eigenvalue weighted by atomic mass is 10.2. The van der Waals surface area contributed by atoms with Crippen LogP contribution in [-0.2, 0) is 14.3 Å². The first-order valence-corrected chi connectivity index (χ1v) is 8.31. The third-order valence-electron chi connectivity index (χ3n) is 3.12. The van der Waals surface area contributed by atoms with Crippen molar-refractivity contribution in [1.29, 1.82) is 0 Å². The van der Waals surface area contributed by atoms with Crippen molar-refractivity contribution < 1.29 is 18.7 Å². The van der Waals surface area contributed by atoms with E-state index in [0.717, 1.165) is 16.5 Å². The van der Waals surface area contributed by atoms with Gasteiger partial charge in [-0.2, -0.15) is 0 Å². The molecular formula is C17H15ClFNO3S. The maximum absolute atomic E-state index is 13.1. The van der Waals surface area contributed by atoms with Crippen LogP contribution in [0.4, 0.5) is 10.1 Å². The van der Waals surface area contributed by atoms with E-state index in [0.29, 0.717) is 5.69 Å². The lowest BCUT2D eigenvalue weighted by Crippen LogP contribution is -2.29. The van der Waals surface area contributed by atoms with Gasteiger partial charge in [-0.25, -0.2) is 9.18 Å². The fourth-order valence-corrected chi connectivity index (χ4v) is 2.78. The zero-order valence-electron chi connectivity index (χ0n) is 13.0. The zero-order chi connectivity index (χ0) is 17.7. The van der Waals surface area contributed by atoms with Crippen LogP contribution in [0.1, 0.15) is 17.4 Å². The quantitative estimate of drug-likeness (QED) is 0.628. The van der Waals surface area contributed by atoms with Crippen LogP contribution in [-0.4, -0.2) is 18.0 Å². The monoisotopic (exact) mass is 367 g/mol. The second-order valence-corrected chi connectivity index (χ2v) is 6.35. The van der Waals surface area contributed by atoms with Crippen molar-refractivity contribution >= 4 is 46.6 Å². The van der Waals surface area contributed by atoms with E-state index in [9.17, 15) is 14.0 Å². The fourth-order valence-electron chi connectivity index (χ4n) is 1.78. The van der Waals surface area contributed by atoms with E-state index in [1.807, 2.05) is 18.4 Å². The molecule has 1 aromatic heterocycles. The standard InChI is InChI=1S/C17H15ClFNO3S/c1-10-7-8-24-15(10)5-6-16(21)23-11(2)17(22)20-12-3-4-14(19)13(18)9-12/h3-9,11H,1-2H3,(H,20,22)/b6-5+/t11-/m1/s1. The molecule has 126 valence electrons. The Morgan fingerprint density at radius 1 is 1.38 bits per heavy atom. The smallest absolute Gasteiger partial charge is 0.331 e. The van der Waals surface area contributed by atoms with Crippen LogP contribution in [0, 0.1) is 12.7 Å². The summed E-state index contributed by atoms with van der Waals surface area (Å²) in [6.07, 6.45) is 1.92. The van der Waals surface area contributed by atoms with Crippen LogP contribution < -0.4 is 5.32 Å². The molecule has 24 heavy (non-hydrogen) atoms. The summed E-state index contributed by atoms with van der Waals surface area (Å²) in [6, 6.07) is 5.73. The molecule has 0 saturated heterocycles. The maximum atomic E-state index is 13.1. The normalized spacial score (nSPS) is 12.2. The SMILES string of the molecule is Cc1ccsc1/C=C/C(=O)O[C@H](C)C(=O)Nc1ccc(F)c(Cl)c1. The largest absolute Gasteiger partial charge is 0.449 e. The minimum Gasteiger partial charge on any atom is -0.449 e. The van der Waals surface area contributed by atoms with Gasteiger partial charge in [0.1, 0.15) is 5.82 Å². The van der Waals surface area contributed by atoms with E-state index < -0.39 is 23.8 Å². The molecule has 0 fully saturated rings. The first kappa shape index (κ1) is 18.2. The number of nitrogens with one attached hydrogen (secondary N) is 1. The van der Waals surface area contributed by atoms with Gasteiger partial charge >= 0.3 is 5.97 Å². The van der Waals surface area contributed by atoms with Crippen LogP contribution in [0.15, 0.2) is 35.7 Å². The van der Waals surface area contributed by atoms with Gasteiger partial charge in [0.15, 0.2) is 6.10 Å². The van der Waals surface area contributed by atoms with E-state index >= 15 is 0 Å². The Bertz CT molecular complexity index is 788. The van der Waals surface area contributed by atoms with E-state index in [-0.39, 0.29) is 5.02 Å². The lowest BCUT2D eigenvalue weighted by molar-refractivity contribution is -0.148. The van der Waals surface area contributed by atoms with Gasteiger partial charge in [0.25, 0.3) is 5.91 Å². The van der Waals surface area contributed by atoms with E-state index in [1.54, 1.807) is 6.08 Å². The molecule has 0 spiro atoms. The van der Waals surface area contributed by atoms with Crippen molar-refractivity contribution in [2.75, 3.05) is 5.32 Å². The zero-order valence-corrected chi connectivity index (χ0v) is 14.6. The third kappa shape index (κ3) is 4.91. The summed E-state index contributed by atoms with van der Waals surface area (Å²) in [5.41, 5.74) is 1.38. The van der Waals surface area contributed by atoms with Crippen molar-refractivity contribution in [2.45, 2.75) is 20.0 Å². The Kier molecular flexibility index (Phi) is 6.11. The molecule has 0 unspecified atom stereocenters. The molecule has 4 nitrogen and oxygen atoms in total. The topological polar surface area (TPSA) is 55.4 Å². The van der Waals surface area contributed by atoms with Gasteiger partial charge in [-0.1, -0.05) is 11.6 Å². The van der Waals surface area contributed by atoms with Crippen LogP contribution in [0.3, 0.4) is 0 Å². The number of halogens is 2. The molecule has 0 aliphatic carbocycles. The minimum atomic E-state index is -1.00. The Hall–Kier alpha value is -2.18. The summed E-state index contributed by atoms with van der Waals surface area (Å²) in [5.74, 6) is -1.74. The molecule has 7 heteroatoms. The van der Waals surface area contributed by atoms with Gasteiger partial charge in [0.2, 0.25) is 0 Å². The fraction of sp³-hybridized carbons (Fsp3) is 0.176. The average molecular weight is 368 g/mol. The highest BCUT2D eigenvalue weighted by Gasteiger charge is 2.17. The Labute approximate surface area is 147 Å². The van der Waals surface area contributed by atoms with E-state index in [1.165, 1.54) is 36.5 Å². The number of carbonyl (C=O) groups excluding carboxylic acids is 2. The number of thiophene rings is 1. The maximum Gasteiger partial charge on any atom is 0.331 e. The van der Waals surface area contributed by atoms with Crippen LogP contribution in [0.2, 0.25) is 5.02 Å². The number of benzene rings is 1. The summed E-state index contributed by atoms with van der Waals surface area (Å²) in [6.45, 7) is 3.38. The van der Waals surface area contributed by atoms with Gasteiger partial charge in [0, 0.05) is 16.6 Å². The van der Waals surface area contributed by atoms with E-state index in [2.05, 4.69) is 5.32 Å². The lowest BCUT2D eigenvalue weighted by Gasteiger charge is -2.12. The molecule has 1 heterocycles. The van der Waals surface area contributed by atoms with Gasteiger partial charge in [-0.15, -0.1) is 11.3 Å². The number of anilines is 1. The number of rotatable bonds is 5. The highest BCUT2D eigenvalue weighted by molar-refractivity contribution is 7.11. The first-order chi connectivity index (χ1) is 11.4. The number of carbonyl (C=O) groups is 2. The number of aryl methyl sites for hydroxylation is 1. The van der Waals surface area contributed by atoms with Gasteiger partial charge in [-0.3, -0.25) is 4.79 Å². The number of amides is 1. The minimum absolute atomic E-state index is 0.105. The number of hydrogen-bond donors (Lipinski definition) is 1. The average Bonchev–Trinajstić information content (AvgIpc) is 2.94. The molecule has 0 saturated carbocycles. The number of esters is 1. The van der Waals surface area contributed by atoms with Crippen LogP contribution in [0.5, 0.6) is 0 Å². The summed E-state index contributed by atoms with van der Waals surface area (Å²) in [5, 5.41) is 4.32. The molecular weight excluding hydrogens is 353 g/mol. The Morgan fingerprint density at radius 3 is 2.75 bits per heavy atom. The number of ether oxygens (including phenoxy) is 1. The molecule has 1 aromatic carbocycles. The third-order valence-corrected chi connectivity index (χ3v) is 4.40. The van der Waals surface area contributed by atoms with Crippen molar-refractivity contribution in [3.63, 3.8) is 0 Å². The van der Waals surface area contributed by atoms with Crippen molar-refractivity contribution in [1.82, 2.24) is 0 Å². The molecule has 1 N–H and O–H groups in total. The van der Waals surface area contributed by atoms with Gasteiger partial charge in [0.05, 0.1) is 5.02 Å². The second kappa shape index (κ2) is 8.08. The highest BCUT2D eigenvalue weighted by atomic mass is 35.5. The summed E-state index contributed by atoms with van der Waals surface area (Å²) in [7, 11) is 0. The predicted octanol–water partition coefficient (Wildman–Crippen LogP) is 4.43. The predicted molar refractivity (Wildman–Crippen MR) is 93.7 cm³/mol. The summed E-state index contributed by atoms with van der Waals surface area (Å²) in [4.78, 5) is 24.7. The van der Waals surface area contributed by atoms with E-state index in [4.69, 9.17) is 16.3 Å². The molecule has 0 aliphatic rings. The molecule has 0 bridgehead atoms. The molecule has 1 amide bonds. The second-order valence-electron chi connectivity index (χ2n) is 5.00. The number of hydrogen-bond acceptors (Lipinski definition) is 4. The molecule has 1 atom stereocenters. The highest BCUT2D eigenvalue weighted by Crippen LogP contribution is 2.20. The van der Waals surface area contributed by atoms with Crippen LogP contribution >= 0.6 is 22.9 Å². The van der Waals surface area contributed by atoms with Crippen molar-refractivity contribution in [3.05, 3.63) is 57.0 Å². The Morgan fingerprint density at radius 2 is 2.12 bits per heavy atom. The van der Waals surface area contributed by atoms with Gasteiger partial charge in [-0.05, 0) is 55.1 Å². The van der Waals surface area contributed by atoms with Crippen molar-refractivity contribution in [2.24, 2.45) is 0 Å². The first-order valence-electron chi connectivity index (χ1n) is 7.05. The van der Waals surface area contributed by atoms with Gasteiger partial charge < -0.3 is 10.1 Å². The molecule has 0 aliphatic heterocycles. The summed E-state index contributed by atoms with van der Waals surface area (Å²) < 4.78 is 18.1. The van der Waals surface area contributed by atoms with Crippen LogP contribution in [0.25, 0.3) is 6.08 Å². The molecule has 2 aromatic rings. The molecule has 0 radical (unpaired) electrons.